The van der Waals surface area contributed by atoms with E-state index in [0.29, 0.717) is 18.7 Å². The summed E-state index contributed by atoms with van der Waals surface area (Å²) in [4.78, 5) is 22.4. The first-order valence-corrected chi connectivity index (χ1v) is 5.98. The van der Waals surface area contributed by atoms with E-state index in [0.717, 1.165) is 12.3 Å². The zero-order chi connectivity index (χ0) is 15.4. The number of carboxylic acid groups (broad SMARTS) is 1. The lowest BCUT2D eigenvalue weighted by molar-refractivity contribution is 0.0688. The number of aromatic hydroxyl groups is 1. The van der Waals surface area contributed by atoms with Crippen LogP contribution in [0.3, 0.4) is 0 Å². The molecule has 0 atom stereocenters. The van der Waals surface area contributed by atoms with Gasteiger partial charge in [0, 0.05) is 19.6 Å². The fourth-order valence-electron chi connectivity index (χ4n) is 1.75. The number of nitrogens with zero attached hydrogens (tertiary/aromatic N) is 3. The monoisotopic (exact) mass is 295 g/mol. The van der Waals surface area contributed by atoms with Gasteiger partial charge in [-0.3, -0.25) is 4.79 Å². The largest absolute Gasteiger partial charge is 0.502 e. The number of carboxylic acids is 1. The zero-order valence-corrected chi connectivity index (χ0v) is 11.1. The highest BCUT2D eigenvalue weighted by Gasteiger charge is 2.19. The van der Waals surface area contributed by atoms with Gasteiger partial charge in [0.15, 0.2) is 11.4 Å². The van der Waals surface area contributed by atoms with Crippen LogP contribution in [-0.2, 0) is 17.7 Å². The Bertz CT molecular complexity index is 705. The van der Waals surface area contributed by atoms with Gasteiger partial charge >= 0.3 is 5.97 Å². The van der Waals surface area contributed by atoms with Crippen molar-refractivity contribution in [1.29, 1.82) is 0 Å². The molecule has 0 radical (unpaired) electrons. The maximum absolute atomic E-state index is 11.3. The lowest BCUT2D eigenvalue weighted by Crippen LogP contribution is -2.12. The number of hydrogen-bond donors (Lipinski definition) is 2. The maximum atomic E-state index is 11.3. The highest BCUT2D eigenvalue weighted by molar-refractivity contribution is 5.86. The minimum atomic E-state index is -1.19. The number of aromatic carboxylic acids is 1. The summed E-state index contributed by atoms with van der Waals surface area (Å²) in [6.45, 7) is 0.321. The SMILES string of the molecule is COCCc1c(C(=O)O)nnn1Cc1cc(=O)c(O)co1. The molecule has 0 aromatic carbocycles. The number of rotatable bonds is 6. The number of ether oxygens (including phenoxy) is 1. The molecule has 0 bridgehead atoms. The number of hydrogen-bond acceptors (Lipinski definition) is 7. The van der Waals surface area contributed by atoms with Gasteiger partial charge in [-0.25, -0.2) is 9.48 Å². The second kappa shape index (κ2) is 6.18. The third-order valence-corrected chi connectivity index (χ3v) is 2.76. The molecule has 0 amide bonds. The van der Waals surface area contributed by atoms with Gasteiger partial charge in [-0.05, 0) is 0 Å². The van der Waals surface area contributed by atoms with Crippen LogP contribution in [0.5, 0.6) is 5.75 Å². The third-order valence-electron chi connectivity index (χ3n) is 2.76. The molecule has 0 fully saturated rings. The van der Waals surface area contributed by atoms with E-state index in [4.69, 9.17) is 19.4 Å². The van der Waals surface area contributed by atoms with Crippen molar-refractivity contribution >= 4 is 5.97 Å². The van der Waals surface area contributed by atoms with Crippen molar-refractivity contribution < 1.29 is 24.2 Å². The Kier molecular flexibility index (Phi) is 4.33. The van der Waals surface area contributed by atoms with Crippen molar-refractivity contribution in [2.75, 3.05) is 13.7 Å². The topological polar surface area (TPSA) is 128 Å². The van der Waals surface area contributed by atoms with Crippen molar-refractivity contribution in [3.8, 4) is 5.75 Å². The molecular formula is C12H13N3O6. The van der Waals surface area contributed by atoms with Crippen molar-refractivity contribution in [2.24, 2.45) is 0 Å². The molecule has 0 aliphatic heterocycles. The summed E-state index contributed by atoms with van der Waals surface area (Å²) >= 11 is 0. The average molecular weight is 295 g/mol. The quantitative estimate of drug-likeness (QED) is 0.754. The summed E-state index contributed by atoms with van der Waals surface area (Å²) in [6.07, 6.45) is 1.22. The first-order chi connectivity index (χ1) is 10.0. The second-order valence-electron chi connectivity index (χ2n) is 4.19. The lowest BCUT2D eigenvalue weighted by atomic mass is 10.2. The first-order valence-electron chi connectivity index (χ1n) is 5.98. The fraction of sp³-hybridized carbons (Fsp3) is 0.333. The van der Waals surface area contributed by atoms with Crippen LogP contribution < -0.4 is 5.43 Å². The predicted molar refractivity (Wildman–Crippen MR) is 68.3 cm³/mol. The molecule has 2 N–H and O–H groups in total. The summed E-state index contributed by atoms with van der Waals surface area (Å²) in [6, 6.07) is 1.11. The fourth-order valence-corrected chi connectivity index (χ4v) is 1.75. The van der Waals surface area contributed by atoms with Crippen molar-refractivity contribution in [2.45, 2.75) is 13.0 Å². The molecule has 0 saturated heterocycles. The molecule has 2 heterocycles. The van der Waals surface area contributed by atoms with E-state index in [9.17, 15) is 9.59 Å². The van der Waals surface area contributed by atoms with Crippen LogP contribution in [0.1, 0.15) is 21.9 Å². The standard InChI is InChI=1S/C12H13N3O6/c1-20-3-2-8-11(12(18)19)13-14-15(8)5-7-4-9(16)10(17)6-21-7/h4,6,17H,2-3,5H2,1H3,(H,18,19). The van der Waals surface area contributed by atoms with Crippen LogP contribution in [0, 0.1) is 0 Å². The van der Waals surface area contributed by atoms with E-state index in [2.05, 4.69) is 10.3 Å². The molecule has 0 saturated carbocycles. The van der Waals surface area contributed by atoms with Gasteiger partial charge in [0.05, 0.1) is 12.3 Å². The maximum Gasteiger partial charge on any atom is 0.358 e. The molecular weight excluding hydrogens is 282 g/mol. The third kappa shape index (κ3) is 3.26. The molecule has 0 spiro atoms. The van der Waals surface area contributed by atoms with Crippen LogP contribution in [0.25, 0.3) is 0 Å². The van der Waals surface area contributed by atoms with Crippen LogP contribution >= 0.6 is 0 Å². The highest BCUT2D eigenvalue weighted by atomic mass is 16.5. The van der Waals surface area contributed by atoms with E-state index in [1.165, 1.54) is 11.8 Å². The molecule has 112 valence electrons. The minimum absolute atomic E-state index is 0.0227. The van der Waals surface area contributed by atoms with E-state index in [1.807, 2.05) is 0 Å². The Labute approximate surface area is 118 Å². The van der Waals surface area contributed by atoms with E-state index in [1.54, 1.807) is 0 Å². The van der Waals surface area contributed by atoms with E-state index in [-0.39, 0.29) is 18.0 Å². The Morgan fingerprint density at radius 3 is 2.90 bits per heavy atom. The van der Waals surface area contributed by atoms with Gasteiger partial charge in [-0.1, -0.05) is 5.21 Å². The molecule has 9 heteroatoms. The minimum Gasteiger partial charge on any atom is -0.502 e. The Morgan fingerprint density at radius 2 is 2.29 bits per heavy atom. The lowest BCUT2D eigenvalue weighted by Gasteiger charge is -2.06. The molecule has 9 nitrogen and oxygen atoms in total. The van der Waals surface area contributed by atoms with Crippen LogP contribution in [-0.4, -0.2) is 44.9 Å². The van der Waals surface area contributed by atoms with Gasteiger partial charge in [-0.2, -0.15) is 0 Å². The summed E-state index contributed by atoms with van der Waals surface area (Å²) in [5.41, 5.74) is -0.401. The van der Waals surface area contributed by atoms with Crippen LogP contribution in [0.4, 0.5) is 0 Å². The van der Waals surface area contributed by atoms with Crippen molar-refractivity contribution in [1.82, 2.24) is 15.0 Å². The Hall–Kier alpha value is -2.68. The van der Waals surface area contributed by atoms with Crippen molar-refractivity contribution in [3.05, 3.63) is 39.7 Å². The molecule has 0 aliphatic carbocycles. The van der Waals surface area contributed by atoms with Gasteiger partial charge < -0.3 is 19.4 Å². The van der Waals surface area contributed by atoms with Gasteiger partial charge in [0.2, 0.25) is 5.43 Å². The van der Waals surface area contributed by atoms with E-state index >= 15 is 0 Å². The summed E-state index contributed by atoms with van der Waals surface area (Å²) in [5, 5.41) is 25.5. The van der Waals surface area contributed by atoms with Gasteiger partial charge in [-0.15, -0.1) is 5.10 Å². The Morgan fingerprint density at radius 1 is 1.52 bits per heavy atom. The molecule has 0 unspecified atom stereocenters. The van der Waals surface area contributed by atoms with Gasteiger partial charge in [0.25, 0.3) is 0 Å². The number of carbonyl (C=O) groups is 1. The number of aromatic nitrogens is 3. The molecule has 2 rings (SSSR count). The molecule has 0 aliphatic rings. The van der Waals surface area contributed by atoms with Crippen LogP contribution in [0.15, 0.2) is 21.5 Å². The number of methoxy groups -OCH3 is 1. The summed E-state index contributed by atoms with van der Waals surface area (Å²) in [5.74, 6) is -1.47. The van der Waals surface area contributed by atoms with E-state index < -0.39 is 17.1 Å². The molecule has 2 aromatic rings. The van der Waals surface area contributed by atoms with Crippen LogP contribution in [0.2, 0.25) is 0 Å². The molecule has 2 aromatic heterocycles. The van der Waals surface area contributed by atoms with Gasteiger partial charge in [0.1, 0.15) is 18.6 Å². The molecule has 21 heavy (non-hydrogen) atoms. The smallest absolute Gasteiger partial charge is 0.358 e. The van der Waals surface area contributed by atoms with Crippen molar-refractivity contribution in [3.63, 3.8) is 0 Å². The summed E-state index contributed by atoms with van der Waals surface area (Å²) in [7, 11) is 1.49. The first kappa shape index (κ1) is 14.7. The zero-order valence-electron chi connectivity index (χ0n) is 11.1. The predicted octanol–water partition coefficient (Wildman–Crippen LogP) is -0.128. The Balaban J connectivity index is 2.32. The normalized spacial score (nSPS) is 10.7. The average Bonchev–Trinajstić information content (AvgIpc) is 2.83. The highest BCUT2D eigenvalue weighted by Crippen LogP contribution is 2.11. The second-order valence-corrected chi connectivity index (χ2v) is 4.19. The summed E-state index contributed by atoms with van der Waals surface area (Å²) < 4.78 is 11.3.